The fourth-order valence-electron chi connectivity index (χ4n) is 3.57. The summed E-state index contributed by atoms with van der Waals surface area (Å²) in [4.78, 5) is 12.4. The van der Waals surface area contributed by atoms with E-state index in [4.69, 9.17) is 28.1 Å². The van der Waals surface area contributed by atoms with Crippen molar-refractivity contribution < 1.29 is 32.9 Å². The zero-order valence-electron chi connectivity index (χ0n) is 20.0. The first-order valence-electron chi connectivity index (χ1n) is 10.4. The van der Waals surface area contributed by atoms with E-state index in [-0.39, 0.29) is 23.2 Å². The Morgan fingerprint density at radius 2 is 1.66 bits per heavy atom. The quantitative estimate of drug-likeness (QED) is 0.466. The fourth-order valence-corrected chi connectivity index (χ4v) is 4.97. The Labute approximate surface area is 176 Å². The van der Waals surface area contributed by atoms with Gasteiger partial charge in [0.25, 0.3) is 0 Å². The topological polar surface area (TPSA) is 72.5 Å². The third-order valence-corrected chi connectivity index (χ3v) is 10.7. The highest BCUT2D eigenvalue weighted by atomic mass is 28.4. The van der Waals surface area contributed by atoms with Gasteiger partial charge in [-0.2, -0.15) is 0 Å². The standard InChI is InChI=1S/C21H40O7Si/c1-13(16-17(18(22)23-9)27-21(7,8)26-16)15(14-12-24-20(5,6)25-14)28-29(10,11)19(2,3)4/h13-17H,12H2,1-11H3/t13?,14-,15-,16+,17-/m1/s1. The Bertz CT molecular complexity index is 596. The SMILES string of the molecule is COC(=O)[C@@H]1OC(C)(C)O[C@H]1C(C)[C@@H](O[Si](C)(C)C(C)(C)C)[C@H]1COC(C)(C)O1. The highest BCUT2D eigenvalue weighted by Crippen LogP contribution is 2.42. The predicted octanol–water partition coefficient (Wildman–Crippen LogP) is 3.86. The second kappa shape index (κ2) is 8.20. The largest absolute Gasteiger partial charge is 0.467 e. The van der Waals surface area contributed by atoms with Crippen LogP contribution in [0.3, 0.4) is 0 Å². The molecule has 5 atom stereocenters. The molecule has 1 unspecified atom stereocenters. The monoisotopic (exact) mass is 432 g/mol. The summed E-state index contributed by atoms with van der Waals surface area (Å²) in [6.07, 6.45) is -1.91. The minimum atomic E-state index is -2.14. The van der Waals surface area contributed by atoms with Crippen molar-refractivity contribution in [3.63, 3.8) is 0 Å². The number of esters is 1. The van der Waals surface area contributed by atoms with E-state index in [0.29, 0.717) is 6.61 Å². The Hall–Kier alpha value is -0.513. The van der Waals surface area contributed by atoms with Crippen LogP contribution in [-0.2, 0) is 32.9 Å². The van der Waals surface area contributed by atoms with Crippen LogP contribution in [0.5, 0.6) is 0 Å². The third-order valence-electron chi connectivity index (χ3n) is 6.23. The molecule has 2 aliphatic rings. The molecule has 0 radical (unpaired) electrons. The molecule has 0 bridgehead atoms. The average Bonchev–Trinajstić information content (AvgIpc) is 3.09. The number of methoxy groups -OCH3 is 1. The Balaban J connectivity index is 2.35. The number of carbonyl (C=O) groups is 1. The third kappa shape index (κ3) is 5.60. The lowest BCUT2D eigenvalue weighted by Crippen LogP contribution is -2.53. The van der Waals surface area contributed by atoms with Crippen LogP contribution in [0.1, 0.15) is 55.4 Å². The van der Waals surface area contributed by atoms with E-state index in [2.05, 4.69) is 33.9 Å². The van der Waals surface area contributed by atoms with Gasteiger partial charge in [0.1, 0.15) is 12.2 Å². The molecule has 2 rings (SSSR count). The van der Waals surface area contributed by atoms with Crippen molar-refractivity contribution in [2.24, 2.45) is 5.92 Å². The number of ether oxygens (including phenoxy) is 5. The van der Waals surface area contributed by atoms with Crippen LogP contribution in [0.4, 0.5) is 0 Å². The van der Waals surface area contributed by atoms with E-state index in [1.165, 1.54) is 7.11 Å². The normalized spacial score (nSPS) is 31.5. The summed E-state index contributed by atoms with van der Waals surface area (Å²) in [5, 5.41) is 0.0218. The van der Waals surface area contributed by atoms with Crippen LogP contribution in [0.25, 0.3) is 0 Å². The van der Waals surface area contributed by atoms with Gasteiger partial charge in [-0.25, -0.2) is 4.79 Å². The van der Waals surface area contributed by atoms with Gasteiger partial charge in [0, 0.05) is 5.92 Å². The molecule has 170 valence electrons. The number of hydrogen-bond acceptors (Lipinski definition) is 7. The molecule has 7 nitrogen and oxygen atoms in total. The molecule has 0 aromatic carbocycles. The summed E-state index contributed by atoms with van der Waals surface area (Å²) in [5.41, 5.74) is 0. The Morgan fingerprint density at radius 3 is 2.10 bits per heavy atom. The fraction of sp³-hybridized carbons (Fsp3) is 0.952. The average molecular weight is 433 g/mol. The molecular formula is C21H40O7Si. The summed E-state index contributed by atoms with van der Waals surface area (Å²) in [6.45, 7) is 20.9. The van der Waals surface area contributed by atoms with Gasteiger partial charge in [0.05, 0.1) is 19.8 Å². The maximum atomic E-state index is 12.4. The van der Waals surface area contributed by atoms with Crippen LogP contribution in [0.2, 0.25) is 18.1 Å². The van der Waals surface area contributed by atoms with Crippen LogP contribution in [0, 0.1) is 5.92 Å². The number of carbonyl (C=O) groups excluding carboxylic acids is 1. The minimum absolute atomic E-state index is 0.0218. The van der Waals surface area contributed by atoms with Gasteiger partial charge in [0.2, 0.25) is 0 Å². The first kappa shape index (κ1) is 24.8. The molecular weight excluding hydrogens is 392 g/mol. The summed E-state index contributed by atoms with van der Waals surface area (Å²) < 4.78 is 35.8. The van der Waals surface area contributed by atoms with Gasteiger partial charge in [-0.15, -0.1) is 0 Å². The highest BCUT2D eigenvalue weighted by molar-refractivity contribution is 6.74. The predicted molar refractivity (Wildman–Crippen MR) is 112 cm³/mol. The Kier molecular flexibility index (Phi) is 7.00. The summed E-state index contributed by atoms with van der Waals surface area (Å²) in [5.74, 6) is -2.18. The molecule has 0 aromatic heterocycles. The molecule has 2 heterocycles. The van der Waals surface area contributed by atoms with Crippen molar-refractivity contribution in [1.29, 1.82) is 0 Å². The second-order valence-corrected chi connectivity index (χ2v) is 15.4. The zero-order valence-corrected chi connectivity index (χ0v) is 21.0. The summed E-state index contributed by atoms with van der Waals surface area (Å²) >= 11 is 0. The molecule has 0 N–H and O–H groups in total. The lowest BCUT2D eigenvalue weighted by molar-refractivity contribution is -0.171. The first-order chi connectivity index (χ1) is 13.0. The number of rotatable bonds is 6. The van der Waals surface area contributed by atoms with Gasteiger partial charge in [0.15, 0.2) is 26.0 Å². The van der Waals surface area contributed by atoms with E-state index in [1.54, 1.807) is 13.8 Å². The molecule has 29 heavy (non-hydrogen) atoms. The maximum Gasteiger partial charge on any atom is 0.337 e. The van der Waals surface area contributed by atoms with Crippen LogP contribution >= 0.6 is 0 Å². The molecule has 0 aromatic rings. The van der Waals surface area contributed by atoms with Crippen LogP contribution in [-0.4, -0.2) is 64.0 Å². The number of hydrogen-bond donors (Lipinski definition) is 0. The molecule has 8 heteroatoms. The summed E-state index contributed by atoms with van der Waals surface area (Å²) in [6, 6.07) is 0. The van der Waals surface area contributed by atoms with E-state index in [9.17, 15) is 4.79 Å². The van der Waals surface area contributed by atoms with Gasteiger partial charge < -0.3 is 28.1 Å². The molecule has 2 aliphatic heterocycles. The molecule has 0 spiro atoms. The van der Waals surface area contributed by atoms with Gasteiger partial charge in [-0.1, -0.05) is 27.7 Å². The molecule has 0 saturated carbocycles. The van der Waals surface area contributed by atoms with Crippen molar-refractivity contribution in [1.82, 2.24) is 0 Å². The highest BCUT2D eigenvalue weighted by Gasteiger charge is 2.54. The van der Waals surface area contributed by atoms with E-state index in [0.717, 1.165) is 0 Å². The van der Waals surface area contributed by atoms with E-state index < -0.39 is 38.1 Å². The lowest BCUT2D eigenvalue weighted by atomic mass is 9.91. The van der Waals surface area contributed by atoms with Crippen LogP contribution in [0.15, 0.2) is 0 Å². The van der Waals surface area contributed by atoms with Gasteiger partial charge >= 0.3 is 5.97 Å². The zero-order chi connectivity index (χ0) is 22.4. The molecule has 0 aliphatic carbocycles. The Morgan fingerprint density at radius 1 is 1.07 bits per heavy atom. The van der Waals surface area contributed by atoms with Crippen molar-refractivity contribution in [3.05, 3.63) is 0 Å². The van der Waals surface area contributed by atoms with Crippen molar-refractivity contribution >= 4 is 14.3 Å². The molecule has 2 fully saturated rings. The smallest absolute Gasteiger partial charge is 0.337 e. The van der Waals surface area contributed by atoms with Crippen molar-refractivity contribution in [2.45, 2.75) is 110 Å². The van der Waals surface area contributed by atoms with E-state index >= 15 is 0 Å². The lowest BCUT2D eigenvalue weighted by Gasteiger charge is -2.43. The van der Waals surface area contributed by atoms with E-state index in [1.807, 2.05) is 20.8 Å². The van der Waals surface area contributed by atoms with Crippen molar-refractivity contribution in [3.8, 4) is 0 Å². The van der Waals surface area contributed by atoms with Gasteiger partial charge in [-0.3, -0.25) is 0 Å². The van der Waals surface area contributed by atoms with Crippen molar-refractivity contribution in [2.75, 3.05) is 13.7 Å². The minimum Gasteiger partial charge on any atom is -0.467 e. The van der Waals surface area contributed by atoms with Crippen LogP contribution < -0.4 is 0 Å². The molecule has 0 amide bonds. The van der Waals surface area contributed by atoms with Gasteiger partial charge in [-0.05, 0) is 45.8 Å². The summed E-state index contributed by atoms with van der Waals surface area (Å²) in [7, 11) is -0.777. The molecule has 2 saturated heterocycles. The second-order valence-electron chi connectivity index (χ2n) is 10.6. The first-order valence-corrected chi connectivity index (χ1v) is 13.3. The maximum absolute atomic E-state index is 12.4.